The molecular weight excluding hydrogens is 327 g/mol. The first-order valence-corrected chi connectivity index (χ1v) is 8.90. The van der Waals surface area contributed by atoms with Crippen LogP contribution < -0.4 is 0 Å². The summed E-state index contributed by atoms with van der Waals surface area (Å²) < 4.78 is 14.8. The van der Waals surface area contributed by atoms with E-state index in [2.05, 4.69) is 15.1 Å². The van der Waals surface area contributed by atoms with Crippen LogP contribution >= 0.6 is 11.8 Å². The number of aliphatic hydroxyl groups excluding tert-OH is 1. The molecule has 24 heavy (non-hydrogen) atoms. The summed E-state index contributed by atoms with van der Waals surface area (Å²) in [5.41, 5.74) is 1.43. The van der Waals surface area contributed by atoms with E-state index in [-0.39, 0.29) is 17.2 Å². The van der Waals surface area contributed by atoms with Crippen molar-refractivity contribution in [3.05, 3.63) is 42.6 Å². The lowest BCUT2D eigenvalue weighted by atomic mass is 9.97. The highest BCUT2D eigenvalue weighted by Crippen LogP contribution is 2.35. The topological polar surface area (TPSA) is 63.8 Å². The zero-order valence-corrected chi connectivity index (χ0v) is 13.8. The van der Waals surface area contributed by atoms with E-state index in [0.717, 1.165) is 41.8 Å². The average molecular weight is 344 g/mol. The molecule has 2 unspecified atom stereocenters. The second kappa shape index (κ2) is 6.49. The van der Waals surface area contributed by atoms with Gasteiger partial charge >= 0.3 is 0 Å². The quantitative estimate of drug-likeness (QED) is 0.738. The van der Waals surface area contributed by atoms with Gasteiger partial charge in [0.1, 0.15) is 17.2 Å². The molecule has 7 heteroatoms. The molecule has 5 nitrogen and oxygen atoms in total. The van der Waals surface area contributed by atoms with Crippen LogP contribution in [0.3, 0.4) is 0 Å². The lowest BCUT2D eigenvalue weighted by Gasteiger charge is -2.26. The van der Waals surface area contributed by atoms with Gasteiger partial charge in [0, 0.05) is 5.25 Å². The number of halogens is 1. The highest BCUT2D eigenvalue weighted by atomic mass is 32.2. The number of rotatable bonds is 3. The van der Waals surface area contributed by atoms with Crippen molar-refractivity contribution >= 4 is 22.8 Å². The summed E-state index contributed by atoms with van der Waals surface area (Å²) in [7, 11) is 0. The van der Waals surface area contributed by atoms with E-state index < -0.39 is 0 Å². The van der Waals surface area contributed by atoms with Crippen LogP contribution in [0.25, 0.3) is 16.7 Å². The third-order valence-electron chi connectivity index (χ3n) is 4.33. The Balaban J connectivity index is 1.69. The van der Waals surface area contributed by atoms with E-state index in [1.54, 1.807) is 34.8 Å². The van der Waals surface area contributed by atoms with Gasteiger partial charge in [-0.25, -0.2) is 19.0 Å². The molecule has 0 amide bonds. The van der Waals surface area contributed by atoms with Crippen LogP contribution in [0.2, 0.25) is 0 Å². The van der Waals surface area contributed by atoms with Crippen molar-refractivity contribution in [1.29, 1.82) is 0 Å². The summed E-state index contributed by atoms with van der Waals surface area (Å²) in [6.45, 7) is 0. The fraction of sp³-hybridized carbons (Fsp3) is 0.353. The van der Waals surface area contributed by atoms with Crippen LogP contribution in [-0.2, 0) is 0 Å². The first kappa shape index (κ1) is 15.5. The maximum absolute atomic E-state index is 13.1. The molecule has 2 heterocycles. The molecule has 1 N–H and O–H groups in total. The SMILES string of the molecule is OC1CCCCC1Sc1ncnc2c1cnn2-c1ccc(F)cc1. The second-order valence-corrected chi connectivity index (χ2v) is 7.18. The molecule has 2 atom stereocenters. The molecule has 4 rings (SSSR count). The number of hydrogen-bond acceptors (Lipinski definition) is 5. The van der Waals surface area contributed by atoms with Crippen LogP contribution in [0.1, 0.15) is 25.7 Å². The summed E-state index contributed by atoms with van der Waals surface area (Å²) in [6, 6.07) is 6.14. The van der Waals surface area contributed by atoms with Crippen LogP contribution in [-0.4, -0.2) is 36.2 Å². The zero-order chi connectivity index (χ0) is 16.5. The first-order chi connectivity index (χ1) is 11.7. The minimum atomic E-state index is -0.291. The minimum Gasteiger partial charge on any atom is -0.392 e. The van der Waals surface area contributed by atoms with Crippen molar-refractivity contribution in [3.8, 4) is 5.69 Å². The number of thioether (sulfide) groups is 1. The molecule has 1 aliphatic rings. The smallest absolute Gasteiger partial charge is 0.167 e. The molecule has 1 aromatic carbocycles. The molecule has 0 bridgehead atoms. The van der Waals surface area contributed by atoms with Gasteiger partial charge in [-0.15, -0.1) is 0 Å². The van der Waals surface area contributed by atoms with Crippen molar-refractivity contribution in [2.75, 3.05) is 0 Å². The van der Waals surface area contributed by atoms with Gasteiger partial charge in [0.2, 0.25) is 0 Å². The summed E-state index contributed by atoms with van der Waals surface area (Å²) in [5, 5.41) is 16.4. The van der Waals surface area contributed by atoms with Crippen molar-refractivity contribution in [3.63, 3.8) is 0 Å². The Morgan fingerprint density at radius 1 is 1.12 bits per heavy atom. The number of nitrogens with zero attached hydrogens (tertiary/aromatic N) is 4. The molecule has 0 aliphatic heterocycles. The van der Waals surface area contributed by atoms with E-state index in [0.29, 0.717) is 5.65 Å². The Bertz CT molecular complexity index is 851. The Hall–Kier alpha value is -1.99. The predicted octanol–water partition coefficient (Wildman–Crippen LogP) is 3.35. The fourth-order valence-electron chi connectivity index (χ4n) is 3.05. The van der Waals surface area contributed by atoms with Gasteiger partial charge < -0.3 is 5.11 Å². The average Bonchev–Trinajstić information content (AvgIpc) is 3.03. The van der Waals surface area contributed by atoms with Gasteiger partial charge in [0.05, 0.1) is 23.4 Å². The predicted molar refractivity (Wildman–Crippen MR) is 90.7 cm³/mol. The highest BCUT2D eigenvalue weighted by molar-refractivity contribution is 8.00. The zero-order valence-electron chi connectivity index (χ0n) is 13.0. The molecule has 124 valence electrons. The molecule has 1 aliphatic carbocycles. The fourth-order valence-corrected chi connectivity index (χ4v) is 4.29. The lowest BCUT2D eigenvalue weighted by Crippen LogP contribution is -2.26. The standard InChI is InChI=1S/C17H17FN4OS/c18-11-5-7-12(8-6-11)22-16-13(9-21-22)17(20-10-19-16)24-15-4-2-1-3-14(15)23/h5-10,14-15,23H,1-4H2. The number of hydrogen-bond donors (Lipinski definition) is 1. The van der Waals surface area contributed by atoms with Crippen molar-refractivity contribution in [2.24, 2.45) is 0 Å². The third kappa shape index (κ3) is 2.89. The van der Waals surface area contributed by atoms with E-state index in [1.165, 1.54) is 18.5 Å². The van der Waals surface area contributed by atoms with E-state index in [1.807, 2.05) is 0 Å². The number of aromatic nitrogens is 4. The normalized spacial score (nSPS) is 21.2. The van der Waals surface area contributed by atoms with Crippen LogP contribution in [0.5, 0.6) is 0 Å². The third-order valence-corrected chi connectivity index (χ3v) is 5.73. The van der Waals surface area contributed by atoms with Crippen molar-refractivity contribution in [1.82, 2.24) is 19.7 Å². The maximum atomic E-state index is 13.1. The second-order valence-electron chi connectivity index (χ2n) is 5.96. The molecule has 0 radical (unpaired) electrons. The Morgan fingerprint density at radius 3 is 2.71 bits per heavy atom. The first-order valence-electron chi connectivity index (χ1n) is 8.02. The number of benzene rings is 1. The molecular formula is C17H17FN4OS. The minimum absolute atomic E-state index is 0.158. The van der Waals surface area contributed by atoms with Gasteiger partial charge in [-0.1, -0.05) is 24.6 Å². The van der Waals surface area contributed by atoms with Crippen LogP contribution in [0, 0.1) is 5.82 Å². The number of aliphatic hydroxyl groups is 1. The summed E-state index contributed by atoms with van der Waals surface area (Å²) in [6.07, 6.45) is 7.01. The van der Waals surface area contributed by atoms with E-state index >= 15 is 0 Å². The van der Waals surface area contributed by atoms with E-state index in [4.69, 9.17) is 0 Å². The van der Waals surface area contributed by atoms with Crippen LogP contribution in [0.4, 0.5) is 4.39 Å². The summed E-state index contributed by atoms with van der Waals surface area (Å²) >= 11 is 1.60. The molecule has 0 saturated heterocycles. The Kier molecular flexibility index (Phi) is 4.20. The monoisotopic (exact) mass is 344 g/mol. The summed E-state index contributed by atoms with van der Waals surface area (Å²) in [4.78, 5) is 8.72. The maximum Gasteiger partial charge on any atom is 0.167 e. The molecule has 0 spiro atoms. The Morgan fingerprint density at radius 2 is 1.92 bits per heavy atom. The Labute approximate surface area is 142 Å². The van der Waals surface area contributed by atoms with Gasteiger partial charge in [-0.2, -0.15) is 5.10 Å². The number of fused-ring (bicyclic) bond motifs is 1. The molecule has 1 saturated carbocycles. The van der Waals surface area contributed by atoms with Gasteiger partial charge in [0.15, 0.2) is 5.65 Å². The van der Waals surface area contributed by atoms with Crippen molar-refractivity contribution in [2.45, 2.75) is 42.1 Å². The molecule has 1 fully saturated rings. The van der Waals surface area contributed by atoms with Crippen LogP contribution in [0.15, 0.2) is 41.8 Å². The van der Waals surface area contributed by atoms with Gasteiger partial charge in [-0.3, -0.25) is 0 Å². The van der Waals surface area contributed by atoms with Gasteiger partial charge in [-0.05, 0) is 37.1 Å². The van der Waals surface area contributed by atoms with E-state index in [9.17, 15) is 9.50 Å². The highest BCUT2D eigenvalue weighted by Gasteiger charge is 2.25. The largest absolute Gasteiger partial charge is 0.392 e. The van der Waals surface area contributed by atoms with Crippen molar-refractivity contribution < 1.29 is 9.50 Å². The summed E-state index contributed by atoms with van der Waals surface area (Å²) in [5.74, 6) is -0.285. The van der Waals surface area contributed by atoms with Gasteiger partial charge in [0.25, 0.3) is 0 Å². The lowest BCUT2D eigenvalue weighted by molar-refractivity contribution is 0.137. The molecule has 2 aromatic heterocycles. The molecule has 3 aromatic rings.